The summed E-state index contributed by atoms with van der Waals surface area (Å²) in [6.45, 7) is 5.46. The fraction of sp³-hybridized carbons (Fsp3) is 0.308. The number of tetrazole rings is 1. The zero-order chi connectivity index (χ0) is 23.3. The van der Waals surface area contributed by atoms with E-state index in [2.05, 4.69) is 75.9 Å². The first-order valence-electron chi connectivity index (χ1n) is 11.6. The third-order valence-corrected chi connectivity index (χ3v) is 6.35. The lowest BCUT2D eigenvalue weighted by Gasteiger charge is -2.38. The highest BCUT2D eigenvalue weighted by Crippen LogP contribution is 2.29. The highest BCUT2D eigenvalue weighted by molar-refractivity contribution is 5.91. The minimum absolute atomic E-state index is 0.0655. The van der Waals surface area contributed by atoms with Gasteiger partial charge in [0.15, 0.2) is 11.6 Å². The van der Waals surface area contributed by atoms with E-state index in [4.69, 9.17) is 4.42 Å². The van der Waals surface area contributed by atoms with Gasteiger partial charge in [0.05, 0.1) is 12.3 Å². The van der Waals surface area contributed by atoms with Gasteiger partial charge in [0, 0.05) is 32.7 Å². The van der Waals surface area contributed by atoms with Crippen LogP contribution in [0.3, 0.4) is 0 Å². The molecule has 0 radical (unpaired) electrons. The summed E-state index contributed by atoms with van der Waals surface area (Å²) in [6, 6.07) is 22.3. The summed E-state index contributed by atoms with van der Waals surface area (Å²) in [7, 11) is 0. The smallest absolute Gasteiger partial charge is 0.289 e. The van der Waals surface area contributed by atoms with Crippen molar-refractivity contribution in [3.63, 3.8) is 0 Å². The summed E-state index contributed by atoms with van der Waals surface area (Å²) in [5.74, 6) is 1.14. The lowest BCUT2D eigenvalue weighted by molar-refractivity contribution is 0.0559. The van der Waals surface area contributed by atoms with E-state index in [0.29, 0.717) is 25.4 Å². The Morgan fingerprint density at radius 3 is 2.44 bits per heavy atom. The second-order valence-corrected chi connectivity index (χ2v) is 8.61. The van der Waals surface area contributed by atoms with Crippen LogP contribution in [0.5, 0.6) is 0 Å². The van der Waals surface area contributed by atoms with Crippen LogP contribution in [0.15, 0.2) is 77.4 Å². The summed E-state index contributed by atoms with van der Waals surface area (Å²) in [5.41, 5.74) is 3.60. The molecule has 0 unspecified atom stereocenters. The molecule has 8 nitrogen and oxygen atoms in total. The van der Waals surface area contributed by atoms with Gasteiger partial charge in [-0.1, -0.05) is 60.2 Å². The summed E-state index contributed by atoms with van der Waals surface area (Å²) >= 11 is 0. The van der Waals surface area contributed by atoms with E-state index in [1.807, 2.05) is 15.6 Å². The number of amides is 1. The number of nitrogens with zero attached hydrogens (tertiary/aromatic N) is 6. The van der Waals surface area contributed by atoms with Crippen LogP contribution in [0.25, 0.3) is 0 Å². The molecule has 2 aromatic heterocycles. The Morgan fingerprint density at radius 1 is 0.971 bits per heavy atom. The van der Waals surface area contributed by atoms with E-state index in [0.717, 1.165) is 30.9 Å². The van der Waals surface area contributed by atoms with Gasteiger partial charge in [-0.05, 0) is 47.0 Å². The number of carbonyl (C=O) groups excluding carboxylic acids is 1. The predicted octanol–water partition coefficient (Wildman–Crippen LogP) is 3.36. The maximum absolute atomic E-state index is 12.7. The summed E-state index contributed by atoms with van der Waals surface area (Å²) in [6.07, 6.45) is 2.39. The van der Waals surface area contributed by atoms with Crippen LogP contribution in [0.1, 0.15) is 39.1 Å². The van der Waals surface area contributed by atoms with Gasteiger partial charge in [0.1, 0.15) is 0 Å². The lowest BCUT2D eigenvalue weighted by atomic mass is 10.0. The molecule has 34 heavy (non-hydrogen) atoms. The van der Waals surface area contributed by atoms with Crippen LogP contribution < -0.4 is 0 Å². The van der Waals surface area contributed by atoms with Crippen LogP contribution in [0.2, 0.25) is 0 Å². The quantitative estimate of drug-likeness (QED) is 0.424. The molecule has 1 aliphatic rings. The van der Waals surface area contributed by atoms with Crippen LogP contribution >= 0.6 is 0 Å². The van der Waals surface area contributed by atoms with Crippen molar-refractivity contribution >= 4 is 5.91 Å². The van der Waals surface area contributed by atoms with Gasteiger partial charge in [-0.3, -0.25) is 9.69 Å². The first-order valence-corrected chi connectivity index (χ1v) is 11.6. The van der Waals surface area contributed by atoms with Crippen LogP contribution in [0, 0.1) is 6.92 Å². The average molecular weight is 457 g/mol. The van der Waals surface area contributed by atoms with E-state index in [-0.39, 0.29) is 11.9 Å². The van der Waals surface area contributed by atoms with E-state index in [1.54, 1.807) is 12.1 Å². The van der Waals surface area contributed by atoms with Crippen molar-refractivity contribution in [2.45, 2.75) is 25.9 Å². The Balaban J connectivity index is 1.37. The van der Waals surface area contributed by atoms with Crippen LogP contribution in [-0.2, 0) is 13.0 Å². The minimum Gasteiger partial charge on any atom is -0.459 e. The number of carbonyl (C=O) groups is 1. The standard InChI is InChI=1S/C26H28N6O2/c1-20-9-11-22(12-10-20)24(25-27-28-29-32(25)14-13-21-6-3-2-4-7-21)30-15-17-31(18-16-30)26(33)23-8-5-19-34-23/h2-12,19,24H,13-18H2,1H3/t24-/m0/s1. The maximum atomic E-state index is 12.7. The average Bonchev–Trinajstić information content (AvgIpc) is 3.58. The minimum atomic E-state index is -0.0905. The monoisotopic (exact) mass is 456 g/mol. The summed E-state index contributed by atoms with van der Waals surface area (Å²) < 4.78 is 7.22. The molecule has 1 fully saturated rings. The van der Waals surface area contributed by atoms with Crippen molar-refractivity contribution in [3.05, 3.63) is 101 Å². The maximum Gasteiger partial charge on any atom is 0.289 e. The van der Waals surface area contributed by atoms with Crippen molar-refractivity contribution in [3.8, 4) is 0 Å². The molecular formula is C26H28N6O2. The van der Waals surface area contributed by atoms with Crippen LogP contribution in [0.4, 0.5) is 0 Å². The lowest BCUT2D eigenvalue weighted by Crippen LogP contribution is -2.50. The number of piperazine rings is 1. The molecule has 1 amide bonds. The van der Waals surface area contributed by atoms with Crippen molar-refractivity contribution < 1.29 is 9.21 Å². The molecule has 8 heteroatoms. The van der Waals surface area contributed by atoms with Gasteiger partial charge >= 0.3 is 0 Å². The van der Waals surface area contributed by atoms with Gasteiger partial charge in [-0.25, -0.2) is 4.68 Å². The van der Waals surface area contributed by atoms with Crippen molar-refractivity contribution in [1.82, 2.24) is 30.0 Å². The second kappa shape index (κ2) is 10.0. The molecule has 2 aromatic carbocycles. The zero-order valence-corrected chi connectivity index (χ0v) is 19.2. The molecule has 1 atom stereocenters. The molecular weight excluding hydrogens is 428 g/mol. The normalized spacial score (nSPS) is 15.4. The Kier molecular flexibility index (Phi) is 6.49. The SMILES string of the molecule is Cc1ccc([C@@H](c2nnnn2CCc2ccccc2)N2CCN(C(=O)c3ccco3)CC2)cc1. The molecule has 1 saturated heterocycles. The molecule has 0 saturated carbocycles. The molecule has 5 rings (SSSR count). The summed E-state index contributed by atoms with van der Waals surface area (Å²) in [5, 5.41) is 12.8. The first kappa shape index (κ1) is 22.0. The van der Waals surface area contributed by atoms with Gasteiger partial charge < -0.3 is 9.32 Å². The number of rotatable bonds is 7. The van der Waals surface area contributed by atoms with Gasteiger partial charge in [-0.2, -0.15) is 0 Å². The molecule has 0 N–H and O–H groups in total. The van der Waals surface area contributed by atoms with E-state index in [9.17, 15) is 4.79 Å². The number of hydrogen-bond donors (Lipinski definition) is 0. The Bertz CT molecular complexity index is 1200. The van der Waals surface area contributed by atoms with Gasteiger partial charge in [-0.15, -0.1) is 5.10 Å². The Labute approximate surface area is 198 Å². The molecule has 0 spiro atoms. The van der Waals surface area contributed by atoms with E-state index >= 15 is 0 Å². The van der Waals surface area contributed by atoms with Gasteiger partial charge in [0.25, 0.3) is 5.91 Å². The molecule has 0 bridgehead atoms. The number of aromatic nitrogens is 4. The second-order valence-electron chi connectivity index (χ2n) is 8.61. The number of aryl methyl sites for hydroxylation is 3. The van der Waals surface area contributed by atoms with E-state index in [1.165, 1.54) is 17.4 Å². The Morgan fingerprint density at radius 2 is 1.74 bits per heavy atom. The third kappa shape index (κ3) is 4.77. The molecule has 4 aromatic rings. The van der Waals surface area contributed by atoms with E-state index < -0.39 is 0 Å². The van der Waals surface area contributed by atoms with Gasteiger partial charge in [0.2, 0.25) is 0 Å². The van der Waals surface area contributed by atoms with Crippen molar-refractivity contribution in [1.29, 1.82) is 0 Å². The molecule has 174 valence electrons. The largest absolute Gasteiger partial charge is 0.459 e. The predicted molar refractivity (Wildman–Crippen MR) is 127 cm³/mol. The van der Waals surface area contributed by atoms with Crippen LogP contribution in [-0.4, -0.2) is 62.1 Å². The number of hydrogen-bond acceptors (Lipinski definition) is 6. The number of benzene rings is 2. The van der Waals surface area contributed by atoms with Crippen molar-refractivity contribution in [2.75, 3.05) is 26.2 Å². The first-order chi connectivity index (χ1) is 16.7. The Hall–Kier alpha value is -3.78. The molecule has 0 aliphatic carbocycles. The zero-order valence-electron chi connectivity index (χ0n) is 19.2. The van der Waals surface area contributed by atoms with Crippen molar-refractivity contribution in [2.24, 2.45) is 0 Å². The highest BCUT2D eigenvalue weighted by atomic mass is 16.3. The topological polar surface area (TPSA) is 80.3 Å². The number of furan rings is 1. The fourth-order valence-electron chi connectivity index (χ4n) is 4.46. The highest BCUT2D eigenvalue weighted by Gasteiger charge is 2.32. The third-order valence-electron chi connectivity index (χ3n) is 6.35. The summed E-state index contributed by atoms with van der Waals surface area (Å²) in [4.78, 5) is 16.9. The fourth-order valence-corrected chi connectivity index (χ4v) is 4.46. The molecule has 3 heterocycles. The molecule has 1 aliphatic heterocycles.